The molecule has 2 rings (SSSR count). The topological polar surface area (TPSA) is 102 Å². The molecular weight excluding hydrogens is 358 g/mol. The summed E-state index contributed by atoms with van der Waals surface area (Å²) >= 11 is 0. The summed E-state index contributed by atoms with van der Waals surface area (Å²) < 4.78 is 35.5. The minimum atomic E-state index is -4.19. The Morgan fingerprint density at radius 1 is 1.19 bits per heavy atom. The second-order valence-corrected chi connectivity index (χ2v) is 6.66. The minimum Gasteiger partial charge on any atom is -0.481 e. The van der Waals surface area contributed by atoms with Crippen molar-refractivity contribution in [3.63, 3.8) is 0 Å². The standard InChI is InChI=1S/C18H17NO6S/c1-3-4-12-24-14-8-10-15(11-9-14)26(22,23)25-17-13(2)6-5-7-16(17)18(20)19-21/h5-11,21H,12H2,1-2H3,(H,19,20). The van der Waals surface area contributed by atoms with Crippen LogP contribution in [-0.4, -0.2) is 26.1 Å². The predicted molar refractivity (Wildman–Crippen MR) is 93.6 cm³/mol. The van der Waals surface area contributed by atoms with Crippen LogP contribution in [0.4, 0.5) is 0 Å². The molecule has 8 heteroatoms. The van der Waals surface area contributed by atoms with Crippen molar-refractivity contribution in [1.29, 1.82) is 0 Å². The van der Waals surface area contributed by atoms with Gasteiger partial charge in [-0.1, -0.05) is 18.1 Å². The molecule has 2 aromatic rings. The molecule has 0 saturated carbocycles. The van der Waals surface area contributed by atoms with Crippen molar-refractivity contribution < 1.29 is 27.3 Å². The number of benzene rings is 2. The first kappa shape index (κ1) is 19.3. The smallest absolute Gasteiger partial charge is 0.339 e. The Morgan fingerprint density at radius 3 is 2.50 bits per heavy atom. The molecule has 1 amide bonds. The average Bonchev–Trinajstić information content (AvgIpc) is 2.63. The van der Waals surface area contributed by atoms with Crippen molar-refractivity contribution in [2.75, 3.05) is 6.61 Å². The van der Waals surface area contributed by atoms with E-state index in [-0.39, 0.29) is 22.8 Å². The number of hydrogen-bond acceptors (Lipinski definition) is 6. The lowest BCUT2D eigenvalue weighted by atomic mass is 10.1. The number of hydrogen-bond donors (Lipinski definition) is 2. The largest absolute Gasteiger partial charge is 0.481 e. The Hall–Kier alpha value is -3.02. The summed E-state index contributed by atoms with van der Waals surface area (Å²) in [5.74, 6) is 4.84. The van der Waals surface area contributed by atoms with Gasteiger partial charge >= 0.3 is 10.1 Å². The molecule has 0 aliphatic rings. The molecule has 0 aliphatic heterocycles. The Kier molecular flexibility index (Phi) is 6.22. The first-order chi connectivity index (χ1) is 12.4. The van der Waals surface area contributed by atoms with E-state index in [9.17, 15) is 13.2 Å². The molecule has 0 spiro atoms. The van der Waals surface area contributed by atoms with Crippen LogP contribution in [0.1, 0.15) is 22.8 Å². The number of nitrogens with one attached hydrogen (secondary N) is 1. The van der Waals surface area contributed by atoms with Gasteiger partial charge in [-0.3, -0.25) is 10.0 Å². The van der Waals surface area contributed by atoms with Gasteiger partial charge < -0.3 is 8.92 Å². The zero-order valence-corrected chi connectivity index (χ0v) is 15.0. The Bertz CT molecular complexity index is 955. The third-order valence-electron chi connectivity index (χ3n) is 3.35. The van der Waals surface area contributed by atoms with Crippen LogP contribution in [0.15, 0.2) is 47.4 Å². The molecular formula is C18H17NO6S. The van der Waals surface area contributed by atoms with Gasteiger partial charge in [-0.15, -0.1) is 5.92 Å². The van der Waals surface area contributed by atoms with Crippen LogP contribution >= 0.6 is 0 Å². The summed E-state index contributed by atoms with van der Waals surface area (Å²) in [5, 5.41) is 8.81. The maximum absolute atomic E-state index is 12.5. The van der Waals surface area contributed by atoms with Crippen LogP contribution in [0.2, 0.25) is 0 Å². The summed E-state index contributed by atoms with van der Waals surface area (Å²) in [6.07, 6.45) is 0. The molecule has 0 bridgehead atoms. The van der Waals surface area contributed by atoms with Crippen LogP contribution in [0.25, 0.3) is 0 Å². The van der Waals surface area contributed by atoms with E-state index < -0.39 is 16.0 Å². The first-order valence-electron chi connectivity index (χ1n) is 7.50. The highest BCUT2D eigenvalue weighted by Gasteiger charge is 2.22. The highest BCUT2D eigenvalue weighted by molar-refractivity contribution is 7.87. The van der Waals surface area contributed by atoms with Crippen LogP contribution in [0.5, 0.6) is 11.5 Å². The van der Waals surface area contributed by atoms with Crippen LogP contribution in [-0.2, 0) is 10.1 Å². The van der Waals surface area contributed by atoms with Gasteiger partial charge in [0, 0.05) is 0 Å². The molecule has 0 aromatic heterocycles. The lowest BCUT2D eigenvalue weighted by molar-refractivity contribution is 0.0704. The molecule has 0 radical (unpaired) electrons. The summed E-state index contributed by atoms with van der Waals surface area (Å²) in [5.41, 5.74) is 1.79. The van der Waals surface area contributed by atoms with Crippen LogP contribution in [0, 0.1) is 18.8 Å². The van der Waals surface area contributed by atoms with Crippen molar-refractivity contribution >= 4 is 16.0 Å². The number of aryl methyl sites for hydroxylation is 1. The third-order valence-corrected chi connectivity index (χ3v) is 4.59. The fraction of sp³-hybridized carbons (Fsp3) is 0.167. The number of amides is 1. The van der Waals surface area contributed by atoms with Crippen LogP contribution in [0.3, 0.4) is 0 Å². The highest BCUT2D eigenvalue weighted by Crippen LogP contribution is 2.27. The van der Waals surface area contributed by atoms with Gasteiger partial charge in [-0.05, 0) is 49.7 Å². The molecule has 0 aliphatic carbocycles. The fourth-order valence-corrected chi connectivity index (χ4v) is 3.06. The normalized spacial score (nSPS) is 10.4. The predicted octanol–water partition coefficient (Wildman–Crippen LogP) is 2.28. The number of carbonyl (C=O) groups is 1. The van der Waals surface area contributed by atoms with E-state index in [1.54, 1.807) is 26.0 Å². The molecule has 0 fully saturated rings. The molecule has 0 atom stereocenters. The van der Waals surface area contributed by atoms with Crippen molar-refractivity contribution in [3.05, 3.63) is 53.6 Å². The number of para-hydroxylation sites is 1. The van der Waals surface area contributed by atoms with E-state index in [0.717, 1.165) is 0 Å². The Balaban J connectivity index is 2.29. The Labute approximate surface area is 151 Å². The number of hydroxylamine groups is 1. The zero-order valence-electron chi connectivity index (χ0n) is 14.1. The maximum atomic E-state index is 12.5. The molecule has 0 saturated heterocycles. The van der Waals surface area contributed by atoms with Gasteiger partial charge in [-0.2, -0.15) is 8.42 Å². The molecule has 136 valence electrons. The molecule has 2 aromatic carbocycles. The third kappa shape index (κ3) is 4.53. The Morgan fingerprint density at radius 2 is 1.88 bits per heavy atom. The fourth-order valence-electron chi connectivity index (χ4n) is 2.05. The summed E-state index contributed by atoms with van der Waals surface area (Å²) in [4.78, 5) is 11.6. The molecule has 26 heavy (non-hydrogen) atoms. The minimum absolute atomic E-state index is 0.103. The lowest BCUT2D eigenvalue weighted by Gasteiger charge is -2.13. The van der Waals surface area contributed by atoms with E-state index in [1.165, 1.54) is 35.8 Å². The van der Waals surface area contributed by atoms with Crippen molar-refractivity contribution in [2.45, 2.75) is 18.7 Å². The van der Waals surface area contributed by atoms with Crippen molar-refractivity contribution in [3.8, 4) is 23.3 Å². The van der Waals surface area contributed by atoms with Crippen LogP contribution < -0.4 is 14.4 Å². The highest BCUT2D eigenvalue weighted by atomic mass is 32.2. The van der Waals surface area contributed by atoms with E-state index in [4.69, 9.17) is 14.1 Å². The lowest BCUT2D eigenvalue weighted by Crippen LogP contribution is -2.21. The quantitative estimate of drug-likeness (QED) is 0.348. The summed E-state index contributed by atoms with van der Waals surface area (Å²) in [6.45, 7) is 3.47. The van der Waals surface area contributed by atoms with Gasteiger partial charge in [0.15, 0.2) is 5.75 Å². The van der Waals surface area contributed by atoms with E-state index in [0.29, 0.717) is 11.3 Å². The second kappa shape index (κ2) is 8.38. The molecule has 0 unspecified atom stereocenters. The van der Waals surface area contributed by atoms with Gasteiger partial charge in [0.2, 0.25) is 0 Å². The van der Waals surface area contributed by atoms with E-state index >= 15 is 0 Å². The first-order valence-corrected chi connectivity index (χ1v) is 8.91. The maximum Gasteiger partial charge on any atom is 0.339 e. The van der Waals surface area contributed by atoms with E-state index in [2.05, 4.69) is 11.8 Å². The SMILES string of the molecule is CC#CCOc1ccc(S(=O)(=O)Oc2c(C)cccc2C(=O)NO)cc1. The number of carbonyl (C=O) groups excluding carboxylic acids is 1. The summed E-state index contributed by atoms with van der Waals surface area (Å²) in [6, 6.07) is 10.1. The van der Waals surface area contributed by atoms with Crippen molar-refractivity contribution in [2.24, 2.45) is 0 Å². The second-order valence-electron chi connectivity index (χ2n) is 5.12. The van der Waals surface area contributed by atoms with E-state index in [1.807, 2.05) is 0 Å². The van der Waals surface area contributed by atoms with Crippen molar-refractivity contribution in [1.82, 2.24) is 5.48 Å². The monoisotopic (exact) mass is 375 g/mol. The van der Waals surface area contributed by atoms with Gasteiger partial charge in [-0.25, -0.2) is 5.48 Å². The molecule has 0 heterocycles. The zero-order chi connectivity index (χ0) is 19.2. The summed E-state index contributed by atoms with van der Waals surface area (Å²) in [7, 11) is -4.19. The van der Waals surface area contributed by atoms with Gasteiger partial charge in [0.1, 0.15) is 17.3 Å². The molecule has 7 nitrogen and oxygen atoms in total. The number of rotatable bonds is 6. The average molecular weight is 375 g/mol. The molecule has 2 N–H and O–H groups in total. The van der Waals surface area contributed by atoms with Gasteiger partial charge in [0.25, 0.3) is 5.91 Å². The number of ether oxygens (including phenoxy) is 1. The van der Waals surface area contributed by atoms with Gasteiger partial charge in [0.05, 0.1) is 5.56 Å².